The largest absolute Gasteiger partial charge is 0.513 e. The van der Waals surface area contributed by atoms with E-state index in [1.165, 1.54) is 32.4 Å². The van der Waals surface area contributed by atoms with Crippen LogP contribution in [0.5, 0.6) is 23.0 Å². The van der Waals surface area contributed by atoms with E-state index in [0.717, 1.165) is 0 Å². The van der Waals surface area contributed by atoms with Crippen molar-refractivity contribution in [2.45, 2.75) is 25.7 Å². The van der Waals surface area contributed by atoms with Crippen molar-refractivity contribution in [1.29, 1.82) is 0 Å². The number of carbonyl (C=O) groups excluding carboxylic acids is 3. The number of hydrogen-bond donors (Lipinski definition) is 0. The van der Waals surface area contributed by atoms with Crippen LogP contribution in [0.25, 0.3) is 0 Å². The highest BCUT2D eigenvalue weighted by atomic mass is 16.7. The van der Waals surface area contributed by atoms with Crippen molar-refractivity contribution in [3.63, 3.8) is 0 Å². The van der Waals surface area contributed by atoms with Gasteiger partial charge in [0.05, 0.1) is 26.1 Å². The summed E-state index contributed by atoms with van der Waals surface area (Å²) in [7, 11) is 2.62. The Kier molecular flexibility index (Phi) is 7.48. The molecule has 0 heterocycles. The molecule has 3 rings (SSSR count). The average molecular weight is 428 g/mol. The fourth-order valence-electron chi connectivity index (χ4n) is 3.38. The molecule has 1 aliphatic rings. The number of ether oxygens (including phenoxy) is 5. The fraction of sp³-hybridized carbons (Fsp3) is 0.348. The minimum Gasteiger partial charge on any atom is -0.493 e. The minimum atomic E-state index is -0.866. The van der Waals surface area contributed by atoms with Crippen LogP contribution in [0.4, 0.5) is 4.79 Å². The summed E-state index contributed by atoms with van der Waals surface area (Å²) < 4.78 is 25.5. The summed E-state index contributed by atoms with van der Waals surface area (Å²) in [5.74, 6) is -0.0624. The standard InChI is InChI=1S/C23H24O8/c1-27-20-14-18(30-23(26)28-2)12-13-19(20)31-22(25)16-10-8-15(9-11-16)21(24)29-17-6-4-3-5-7-17/h3-7,12-16H,8-11H2,1-2H3. The number of para-hydroxylation sites is 1. The normalized spacial score (nSPS) is 17.9. The highest BCUT2D eigenvalue weighted by Crippen LogP contribution is 2.35. The number of carbonyl (C=O) groups is 3. The molecule has 0 unspecified atom stereocenters. The first-order valence-electron chi connectivity index (χ1n) is 9.92. The van der Waals surface area contributed by atoms with Crippen molar-refractivity contribution in [3.05, 3.63) is 48.5 Å². The van der Waals surface area contributed by atoms with E-state index in [2.05, 4.69) is 4.74 Å². The number of esters is 2. The van der Waals surface area contributed by atoms with Gasteiger partial charge in [-0.25, -0.2) is 4.79 Å². The second-order valence-electron chi connectivity index (χ2n) is 7.07. The van der Waals surface area contributed by atoms with E-state index in [4.69, 9.17) is 18.9 Å². The van der Waals surface area contributed by atoms with Crippen LogP contribution in [-0.4, -0.2) is 32.3 Å². The molecule has 0 atom stereocenters. The predicted octanol–water partition coefficient (Wildman–Crippen LogP) is 4.16. The van der Waals surface area contributed by atoms with Crippen LogP contribution in [0.15, 0.2) is 48.5 Å². The quantitative estimate of drug-likeness (QED) is 0.384. The van der Waals surface area contributed by atoms with Gasteiger partial charge in [-0.1, -0.05) is 18.2 Å². The lowest BCUT2D eigenvalue weighted by atomic mass is 9.82. The third-order valence-corrected chi connectivity index (χ3v) is 5.07. The molecule has 2 aromatic carbocycles. The molecule has 164 valence electrons. The van der Waals surface area contributed by atoms with Gasteiger partial charge in [-0.3, -0.25) is 9.59 Å². The first-order valence-corrected chi connectivity index (χ1v) is 9.92. The fourth-order valence-corrected chi connectivity index (χ4v) is 3.38. The summed E-state index contributed by atoms with van der Waals surface area (Å²) in [4.78, 5) is 36.2. The van der Waals surface area contributed by atoms with E-state index in [9.17, 15) is 14.4 Å². The third-order valence-electron chi connectivity index (χ3n) is 5.07. The number of methoxy groups -OCH3 is 2. The van der Waals surface area contributed by atoms with Gasteiger partial charge in [-0.15, -0.1) is 0 Å². The van der Waals surface area contributed by atoms with Gasteiger partial charge in [-0.2, -0.15) is 0 Å². The van der Waals surface area contributed by atoms with Gasteiger partial charge in [0, 0.05) is 6.07 Å². The summed E-state index contributed by atoms with van der Waals surface area (Å²) in [6.45, 7) is 0. The van der Waals surface area contributed by atoms with Gasteiger partial charge in [0.2, 0.25) is 0 Å². The molecule has 2 aromatic rings. The van der Waals surface area contributed by atoms with Crippen LogP contribution in [-0.2, 0) is 14.3 Å². The second-order valence-corrected chi connectivity index (χ2v) is 7.07. The minimum absolute atomic E-state index is 0.195. The molecular weight excluding hydrogens is 404 g/mol. The van der Waals surface area contributed by atoms with Crippen molar-refractivity contribution in [2.75, 3.05) is 14.2 Å². The Balaban J connectivity index is 1.54. The van der Waals surface area contributed by atoms with Crippen LogP contribution in [0.2, 0.25) is 0 Å². The summed E-state index contributed by atoms with van der Waals surface area (Å²) in [5.41, 5.74) is 0. The number of benzene rings is 2. The average Bonchev–Trinajstić information content (AvgIpc) is 2.80. The topological polar surface area (TPSA) is 97.4 Å². The molecule has 8 nitrogen and oxygen atoms in total. The molecule has 0 N–H and O–H groups in total. The Hall–Kier alpha value is -3.55. The summed E-state index contributed by atoms with van der Waals surface area (Å²) in [6.07, 6.45) is 1.29. The van der Waals surface area contributed by atoms with Crippen LogP contribution in [0.3, 0.4) is 0 Å². The first-order chi connectivity index (χ1) is 15.0. The first kappa shape index (κ1) is 22.1. The highest BCUT2D eigenvalue weighted by molar-refractivity contribution is 5.78. The molecular formula is C23H24O8. The van der Waals surface area contributed by atoms with Gasteiger partial charge in [-0.05, 0) is 49.9 Å². The summed E-state index contributed by atoms with van der Waals surface area (Å²) in [5, 5.41) is 0. The van der Waals surface area contributed by atoms with Crippen molar-refractivity contribution in [2.24, 2.45) is 11.8 Å². The molecule has 8 heteroatoms. The Bertz CT molecular complexity index is 916. The Morgan fingerprint density at radius 2 is 1.32 bits per heavy atom. The summed E-state index contributed by atoms with van der Waals surface area (Å²) >= 11 is 0. The molecule has 0 aliphatic heterocycles. The smallest absolute Gasteiger partial charge is 0.493 e. The zero-order valence-corrected chi connectivity index (χ0v) is 17.4. The number of hydrogen-bond acceptors (Lipinski definition) is 8. The van der Waals surface area contributed by atoms with E-state index in [-0.39, 0.29) is 35.1 Å². The molecule has 1 aliphatic carbocycles. The van der Waals surface area contributed by atoms with E-state index in [0.29, 0.717) is 31.4 Å². The van der Waals surface area contributed by atoms with Crippen molar-refractivity contribution >= 4 is 18.1 Å². The lowest BCUT2D eigenvalue weighted by Crippen LogP contribution is -2.30. The SMILES string of the molecule is COC(=O)Oc1ccc(OC(=O)C2CCC(C(=O)Oc3ccccc3)CC2)c(OC)c1. The molecule has 31 heavy (non-hydrogen) atoms. The lowest BCUT2D eigenvalue weighted by Gasteiger charge is -2.26. The van der Waals surface area contributed by atoms with Crippen LogP contribution < -0.4 is 18.9 Å². The maximum Gasteiger partial charge on any atom is 0.513 e. The summed E-state index contributed by atoms with van der Waals surface area (Å²) in [6, 6.07) is 13.3. The maximum atomic E-state index is 12.6. The predicted molar refractivity (Wildman–Crippen MR) is 109 cm³/mol. The molecule has 0 aromatic heterocycles. The molecule has 1 saturated carbocycles. The molecule has 0 amide bonds. The zero-order chi connectivity index (χ0) is 22.2. The van der Waals surface area contributed by atoms with Crippen LogP contribution in [0, 0.1) is 11.8 Å². The zero-order valence-electron chi connectivity index (χ0n) is 17.4. The van der Waals surface area contributed by atoms with Crippen LogP contribution in [0.1, 0.15) is 25.7 Å². The number of rotatable bonds is 6. The Labute approximate surface area is 180 Å². The van der Waals surface area contributed by atoms with Crippen molar-refractivity contribution in [3.8, 4) is 23.0 Å². The van der Waals surface area contributed by atoms with Crippen molar-refractivity contribution < 1.29 is 38.1 Å². The van der Waals surface area contributed by atoms with E-state index >= 15 is 0 Å². The van der Waals surface area contributed by atoms with E-state index < -0.39 is 12.1 Å². The van der Waals surface area contributed by atoms with E-state index in [1.54, 1.807) is 24.3 Å². The van der Waals surface area contributed by atoms with Gasteiger partial charge < -0.3 is 23.7 Å². The molecule has 0 radical (unpaired) electrons. The molecule has 0 spiro atoms. The van der Waals surface area contributed by atoms with Gasteiger partial charge >= 0.3 is 18.1 Å². The lowest BCUT2D eigenvalue weighted by molar-refractivity contribution is -0.145. The molecule has 1 fully saturated rings. The van der Waals surface area contributed by atoms with Crippen LogP contribution >= 0.6 is 0 Å². The molecule has 0 saturated heterocycles. The maximum absolute atomic E-state index is 12.6. The Morgan fingerprint density at radius 1 is 0.710 bits per heavy atom. The molecule has 0 bridgehead atoms. The van der Waals surface area contributed by atoms with Gasteiger partial charge in [0.1, 0.15) is 11.5 Å². The third kappa shape index (κ3) is 5.97. The van der Waals surface area contributed by atoms with Crippen molar-refractivity contribution in [1.82, 2.24) is 0 Å². The van der Waals surface area contributed by atoms with Gasteiger partial charge in [0.15, 0.2) is 11.5 Å². The van der Waals surface area contributed by atoms with E-state index in [1.807, 2.05) is 6.07 Å². The monoisotopic (exact) mass is 428 g/mol. The highest BCUT2D eigenvalue weighted by Gasteiger charge is 2.32. The second kappa shape index (κ2) is 10.5. The van der Waals surface area contributed by atoms with Gasteiger partial charge in [0.25, 0.3) is 0 Å². The Morgan fingerprint density at radius 3 is 1.90 bits per heavy atom.